The van der Waals surface area contributed by atoms with Gasteiger partial charge in [0, 0.05) is 42.4 Å². The molecule has 44 heavy (non-hydrogen) atoms. The van der Waals surface area contributed by atoms with E-state index >= 15 is 0 Å². The minimum atomic E-state index is -4.80. The lowest BCUT2D eigenvalue weighted by Gasteiger charge is -2.14. The molecule has 15 heteroatoms. The monoisotopic (exact) mass is 619 g/mol. The molecule has 1 unspecified atom stereocenters. The van der Waals surface area contributed by atoms with Crippen molar-refractivity contribution in [1.29, 1.82) is 0 Å². The van der Waals surface area contributed by atoms with Crippen LogP contribution >= 0.6 is 0 Å². The standard InChI is InChI=1S/C29H23F6N5O4/c30-28(31,32)21-9-17(22-4-3-16(12-37-22)27(42)44-20-10-23(38-13-20)29(33,34)35)7-18-8-19(43-26(18)21)14-40-25(41)6-2-15-1-5-24(36)39-11-15/h1-9,11-12,20,23,38H,10,13-14H2,(H2,36,39)(H,40,41)/b6-2+/t20?,23-/m1/s1. The molecule has 2 atom stereocenters. The van der Waals surface area contributed by atoms with Crippen molar-refractivity contribution in [2.75, 3.05) is 12.3 Å². The van der Waals surface area contributed by atoms with Gasteiger partial charge in [-0.05, 0) is 54.1 Å². The molecule has 0 saturated carbocycles. The van der Waals surface area contributed by atoms with Crippen LogP contribution in [0.15, 0.2) is 65.4 Å². The molecule has 0 aliphatic carbocycles. The Morgan fingerprint density at radius 3 is 2.50 bits per heavy atom. The van der Waals surface area contributed by atoms with E-state index in [0.717, 1.165) is 12.3 Å². The minimum absolute atomic E-state index is 0.0641. The van der Waals surface area contributed by atoms with Gasteiger partial charge in [0.05, 0.1) is 23.4 Å². The van der Waals surface area contributed by atoms with Crippen LogP contribution < -0.4 is 16.4 Å². The zero-order valence-corrected chi connectivity index (χ0v) is 22.5. The molecule has 1 aliphatic heterocycles. The number of nitrogens with one attached hydrogen (secondary N) is 2. The summed E-state index contributed by atoms with van der Waals surface area (Å²) in [6.45, 7) is -0.365. The van der Waals surface area contributed by atoms with Crippen LogP contribution in [-0.2, 0) is 22.3 Å². The van der Waals surface area contributed by atoms with Crippen molar-refractivity contribution in [3.05, 3.63) is 83.4 Å². The Morgan fingerprint density at radius 2 is 1.86 bits per heavy atom. The largest absolute Gasteiger partial charge is 0.459 e. The fourth-order valence-electron chi connectivity index (χ4n) is 4.52. The molecule has 3 aromatic heterocycles. The highest BCUT2D eigenvalue weighted by Crippen LogP contribution is 2.39. The summed E-state index contributed by atoms with van der Waals surface area (Å²) in [6.07, 6.45) is -5.45. The molecule has 9 nitrogen and oxygen atoms in total. The maximum atomic E-state index is 14.0. The number of aromatic nitrogens is 2. The van der Waals surface area contributed by atoms with Crippen molar-refractivity contribution >= 4 is 34.7 Å². The lowest BCUT2D eigenvalue weighted by Crippen LogP contribution is -2.36. The van der Waals surface area contributed by atoms with E-state index < -0.39 is 53.9 Å². The molecule has 1 aromatic carbocycles. The van der Waals surface area contributed by atoms with Crippen LogP contribution in [0.2, 0.25) is 0 Å². The van der Waals surface area contributed by atoms with Gasteiger partial charge < -0.3 is 25.5 Å². The van der Waals surface area contributed by atoms with Crippen LogP contribution in [0.1, 0.15) is 33.7 Å². The third kappa shape index (κ3) is 7.16. The van der Waals surface area contributed by atoms with E-state index in [1.165, 1.54) is 42.6 Å². The first kappa shape index (κ1) is 30.5. The van der Waals surface area contributed by atoms with Gasteiger partial charge in [0.1, 0.15) is 29.3 Å². The summed E-state index contributed by atoms with van der Waals surface area (Å²) in [7, 11) is 0. The molecule has 230 valence electrons. The summed E-state index contributed by atoms with van der Waals surface area (Å²) in [4.78, 5) is 32.6. The van der Waals surface area contributed by atoms with Crippen molar-refractivity contribution in [3.8, 4) is 11.3 Å². The predicted octanol–water partition coefficient (Wildman–Crippen LogP) is 5.27. The quantitative estimate of drug-likeness (QED) is 0.145. The van der Waals surface area contributed by atoms with E-state index in [4.69, 9.17) is 14.9 Å². The first-order valence-corrected chi connectivity index (χ1v) is 13.0. The molecule has 0 bridgehead atoms. The summed E-state index contributed by atoms with van der Waals surface area (Å²) in [5, 5.41) is 4.88. The highest BCUT2D eigenvalue weighted by Gasteiger charge is 2.45. The van der Waals surface area contributed by atoms with E-state index in [9.17, 15) is 35.9 Å². The van der Waals surface area contributed by atoms with Gasteiger partial charge in [0.2, 0.25) is 5.91 Å². The minimum Gasteiger partial charge on any atom is -0.459 e. The molecular formula is C29H23F6N5O4. The molecule has 5 rings (SSSR count). The SMILES string of the molecule is Nc1ccc(/C=C/C(=O)NCc2cc3cc(-c4ccc(C(=O)OC5CN[C@@H](C(F)(F)F)C5)cn4)cc(C(F)(F)F)c3o2)cn1. The van der Waals surface area contributed by atoms with E-state index in [2.05, 4.69) is 20.6 Å². The molecule has 1 amide bonds. The summed E-state index contributed by atoms with van der Waals surface area (Å²) < 4.78 is 91.1. The number of benzene rings is 1. The fourth-order valence-corrected chi connectivity index (χ4v) is 4.52. The van der Waals surface area contributed by atoms with Gasteiger partial charge in [0.25, 0.3) is 0 Å². The number of carbonyl (C=O) groups is 2. The number of nitrogens with two attached hydrogens (primary N) is 1. The average Bonchev–Trinajstić information content (AvgIpc) is 3.62. The Labute approximate surface area is 245 Å². The molecule has 4 heterocycles. The fraction of sp³-hybridized carbons (Fsp3) is 0.241. The normalized spacial score (nSPS) is 17.3. The number of nitrogen functional groups attached to an aromatic ring is 1. The molecule has 4 aromatic rings. The van der Waals surface area contributed by atoms with Crippen LogP contribution in [0, 0.1) is 0 Å². The Hall–Kier alpha value is -4.92. The smallest absolute Gasteiger partial charge is 0.420 e. The van der Waals surface area contributed by atoms with Crippen molar-refractivity contribution in [2.45, 2.75) is 37.5 Å². The van der Waals surface area contributed by atoms with Crippen molar-refractivity contribution in [1.82, 2.24) is 20.6 Å². The van der Waals surface area contributed by atoms with Gasteiger partial charge in [0.15, 0.2) is 0 Å². The zero-order chi connectivity index (χ0) is 31.6. The van der Waals surface area contributed by atoms with Crippen LogP contribution in [0.3, 0.4) is 0 Å². The second-order valence-corrected chi connectivity index (χ2v) is 9.92. The zero-order valence-electron chi connectivity index (χ0n) is 22.5. The number of amides is 1. The Balaban J connectivity index is 1.29. The molecular weight excluding hydrogens is 596 g/mol. The summed E-state index contributed by atoms with van der Waals surface area (Å²) >= 11 is 0. The van der Waals surface area contributed by atoms with Crippen molar-refractivity contribution in [3.63, 3.8) is 0 Å². The maximum Gasteiger partial charge on any atom is 0.420 e. The predicted molar refractivity (Wildman–Crippen MR) is 146 cm³/mol. The number of hydrogen-bond acceptors (Lipinski definition) is 8. The Bertz CT molecular complexity index is 1700. The number of furan rings is 1. The number of halogens is 6. The number of rotatable bonds is 7. The third-order valence-corrected chi connectivity index (χ3v) is 6.70. The van der Waals surface area contributed by atoms with E-state index in [0.29, 0.717) is 11.4 Å². The number of alkyl halides is 6. The van der Waals surface area contributed by atoms with Gasteiger partial charge in [-0.2, -0.15) is 26.3 Å². The summed E-state index contributed by atoms with van der Waals surface area (Å²) in [6, 6.07) is 7.60. The summed E-state index contributed by atoms with van der Waals surface area (Å²) in [5.74, 6) is -1.05. The van der Waals surface area contributed by atoms with Crippen molar-refractivity contribution in [2.24, 2.45) is 0 Å². The number of pyridine rings is 2. The van der Waals surface area contributed by atoms with Gasteiger partial charge in [-0.15, -0.1) is 0 Å². The summed E-state index contributed by atoms with van der Waals surface area (Å²) in [5.41, 5.74) is 4.70. The van der Waals surface area contributed by atoms with Gasteiger partial charge >= 0.3 is 18.3 Å². The molecule has 1 saturated heterocycles. The Kier molecular flexibility index (Phi) is 8.32. The first-order chi connectivity index (χ1) is 20.8. The van der Waals surface area contributed by atoms with Gasteiger partial charge in [-0.3, -0.25) is 9.78 Å². The molecule has 0 radical (unpaired) electrons. The van der Waals surface area contributed by atoms with E-state index in [1.807, 2.05) is 0 Å². The van der Waals surface area contributed by atoms with Gasteiger partial charge in [-0.1, -0.05) is 0 Å². The van der Waals surface area contributed by atoms with E-state index in [1.54, 1.807) is 12.1 Å². The number of esters is 1. The highest BCUT2D eigenvalue weighted by atomic mass is 19.4. The van der Waals surface area contributed by atoms with Crippen LogP contribution in [0.4, 0.5) is 32.2 Å². The molecule has 0 spiro atoms. The average molecular weight is 620 g/mol. The number of hydrogen-bond donors (Lipinski definition) is 3. The number of nitrogens with zero attached hydrogens (tertiary/aromatic N) is 2. The molecule has 1 aliphatic rings. The van der Waals surface area contributed by atoms with Crippen LogP contribution in [0.25, 0.3) is 28.3 Å². The number of carbonyl (C=O) groups excluding carboxylic acids is 2. The lowest BCUT2D eigenvalue weighted by atomic mass is 10.0. The lowest BCUT2D eigenvalue weighted by molar-refractivity contribution is -0.153. The topological polar surface area (TPSA) is 132 Å². The first-order valence-electron chi connectivity index (χ1n) is 13.0. The number of fused-ring (bicyclic) bond motifs is 1. The molecule has 4 N–H and O–H groups in total. The number of anilines is 1. The van der Waals surface area contributed by atoms with Crippen LogP contribution in [-0.4, -0.2) is 46.7 Å². The third-order valence-electron chi connectivity index (χ3n) is 6.70. The molecule has 1 fully saturated rings. The number of ether oxygens (including phenoxy) is 1. The second kappa shape index (κ2) is 12.0. The highest BCUT2D eigenvalue weighted by molar-refractivity contribution is 5.92. The van der Waals surface area contributed by atoms with Gasteiger partial charge in [-0.25, -0.2) is 9.78 Å². The maximum absolute atomic E-state index is 14.0. The van der Waals surface area contributed by atoms with E-state index in [-0.39, 0.29) is 41.1 Å². The van der Waals surface area contributed by atoms with Crippen molar-refractivity contribution < 1.29 is 45.1 Å². The second-order valence-electron chi connectivity index (χ2n) is 9.92. The Morgan fingerprint density at radius 1 is 1.07 bits per heavy atom. The van der Waals surface area contributed by atoms with Crippen LogP contribution in [0.5, 0.6) is 0 Å².